The Morgan fingerprint density at radius 2 is 1.53 bits per heavy atom. The summed E-state index contributed by atoms with van der Waals surface area (Å²) in [4.78, 5) is 0. The number of rotatable bonds is 5. The highest BCUT2D eigenvalue weighted by molar-refractivity contribution is 8.00. The second-order valence-corrected chi connectivity index (χ2v) is 6.63. The highest BCUT2D eigenvalue weighted by Crippen LogP contribution is 2.30. The van der Waals surface area contributed by atoms with Gasteiger partial charge in [0.1, 0.15) is 5.82 Å². The molecule has 0 spiro atoms. The van der Waals surface area contributed by atoms with Gasteiger partial charge < -0.3 is 5.73 Å². The van der Waals surface area contributed by atoms with Gasteiger partial charge in [-0.3, -0.25) is 0 Å². The summed E-state index contributed by atoms with van der Waals surface area (Å²) in [5.41, 5.74) is 7.20. The zero-order valence-corrected chi connectivity index (χ0v) is 11.8. The molecule has 0 saturated carbocycles. The third-order valence-electron chi connectivity index (χ3n) is 3.13. The summed E-state index contributed by atoms with van der Waals surface area (Å²) in [6.07, 6.45) is 0. The highest BCUT2D eigenvalue weighted by atomic mass is 32.2. The van der Waals surface area contributed by atoms with E-state index in [1.165, 1.54) is 12.1 Å². The van der Waals surface area contributed by atoms with Crippen molar-refractivity contribution in [2.75, 3.05) is 0 Å². The van der Waals surface area contributed by atoms with Crippen molar-refractivity contribution in [3.8, 4) is 0 Å². The Kier molecular flexibility index (Phi) is 5.47. The van der Waals surface area contributed by atoms with E-state index in [2.05, 4.69) is 27.7 Å². The van der Waals surface area contributed by atoms with E-state index in [0.717, 1.165) is 5.56 Å². The fraction of sp³-hybridized carbons (Fsp3) is 0.571. The van der Waals surface area contributed by atoms with Gasteiger partial charge in [0.25, 0.3) is 0 Å². The monoisotopic (exact) mass is 255 g/mol. The molecule has 1 aromatic rings. The minimum Gasteiger partial charge on any atom is -0.323 e. The van der Waals surface area contributed by atoms with Crippen molar-refractivity contribution in [2.24, 2.45) is 11.7 Å². The first kappa shape index (κ1) is 14.5. The third kappa shape index (κ3) is 4.32. The van der Waals surface area contributed by atoms with Crippen molar-refractivity contribution in [2.45, 2.75) is 44.2 Å². The summed E-state index contributed by atoms with van der Waals surface area (Å²) in [7, 11) is 0. The minimum atomic E-state index is -0.211. The Hall–Kier alpha value is -0.540. The number of nitrogens with two attached hydrogens (primary N) is 1. The predicted octanol–water partition coefficient (Wildman–Crippen LogP) is 3.99. The molecule has 0 aliphatic heterocycles. The lowest BCUT2D eigenvalue weighted by Gasteiger charge is -2.25. The lowest BCUT2D eigenvalue weighted by Crippen LogP contribution is -2.24. The summed E-state index contributed by atoms with van der Waals surface area (Å²) >= 11 is 1.90. The van der Waals surface area contributed by atoms with Crippen LogP contribution in [0.25, 0.3) is 0 Å². The van der Waals surface area contributed by atoms with E-state index >= 15 is 0 Å². The summed E-state index contributed by atoms with van der Waals surface area (Å²) in [6, 6.07) is 6.45. The maximum absolute atomic E-state index is 12.8. The number of hydrogen-bond acceptors (Lipinski definition) is 2. The lowest BCUT2D eigenvalue weighted by atomic mass is 10.1. The van der Waals surface area contributed by atoms with Gasteiger partial charge in [0, 0.05) is 16.5 Å². The van der Waals surface area contributed by atoms with Crippen LogP contribution in [0.2, 0.25) is 0 Å². The second-order valence-electron chi connectivity index (χ2n) is 4.87. The summed E-state index contributed by atoms with van der Waals surface area (Å²) in [6.45, 7) is 8.79. The molecule has 96 valence electrons. The fourth-order valence-electron chi connectivity index (χ4n) is 1.54. The first-order valence-electron chi connectivity index (χ1n) is 6.08. The van der Waals surface area contributed by atoms with E-state index in [1.54, 1.807) is 12.1 Å². The van der Waals surface area contributed by atoms with Gasteiger partial charge in [0.05, 0.1) is 0 Å². The van der Waals surface area contributed by atoms with Gasteiger partial charge >= 0.3 is 0 Å². The van der Waals surface area contributed by atoms with Crippen molar-refractivity contribution >= 4 is 11.8 Å². The number of hydrogen-bond donors (Lipinski definition) is 1. The smallest absolute Gasteiger partial charge is 0.123 e. The Balaban J connectivity index is 2.63. The Morgan fingerprint density at radius 3 is 2.00 bits per heavy atom. The van der Waals surface area contributed by atoms with E-state index < -0.39 is 0 Å². The van der Waals surface area contributed by atoms with E-state index in [1.807, 2.05) is 11.8 Å². The first-order valence-corrected chi connectivity index (χ1v) is 7.02. The third-order valence-corrected chi connectivity index (χ3v) is 4.82. The second kappa shape index (κ2) is 6.41. The molecule has 0 aliphatic carbocycles. The lowest BCUT2D eigenvalue weighted by molar-refractivity contribution is 0.621. The molecule has 0 radical (unpaired) electrons. The molecule has 0 bridgehead atoms. The van der Waals surface area contributed by atoms with Crippen LogP contribution >= 0.6 is 11.8 Å². The molecular weight excluding hydrogens is 233 g/mol. The zero-order chi connectivity index (χ0) is 13.0. The van der Waals surface area contributed by atoms with E-state index in [-0.39, 0.29) is 11.9 Å². The number of thioether (sulfide) groups is 1. The molecule has 3 unspecified atom stereocenters. The van der Waals surface area contributed by atoms with Crippen molar-refractivity contribution in [3.63, 3.8) is 0 Å². The van der Waals surface area contributed by atoms with Gasteiger partial charge in [-0.1, -0.05) is 39.8 Å². The maximum Gasteiger partial charge on any atom is 0.123 e. The highest BCUT2D eigenvalue weighted by Gasteiger charge is 2.19. The molecule has 0 saturated heterocycles. The molecule has 2 N–H and O–H groups in total. The molecule has 3 heteroatoms. The van der Waals surface area contributed by atoms with Gasteiger partial charge in [-0.25, -0.2) is 4.39 Å². The van der Waals surface area contributed by atoms with Crippen LogP contribution in [0.5, 0.6) is 0 Å². The van der Waals surface area contributed by atoms with Gasteiger partial charge in [0.15, 0.2) is 0 Å². The average Bonchev–Trinajstić information content (AvgIpc) is 2.28. The van der Waals surface area contributed by atoms with Crippen LogP contribution in [0.1, 0.15) is 39.3 Å². The van der Waals surface area contributed by atoms with Gasteiger partial charge in [-0.2, -0.15) is 11.8 Å². The van der Waals surface area contributed by atoms with Crippen molar-refractivity contribution in [1.82, 2.24) is 0 Å². The molecule has 0 heterocycles. The van der Waals surface area contributed by atoms with Gasteiger partial charge in [-0.05, 0) is 23.6 Å². The van der Waals surface area contributed by atoms with Crippen LogP contribution in [0.15, 0.2) is 24.3 Å². The molecule has 3 atom stereocenters. The number of halogens is 1. The molecule has 1 nitrogen and oxygen atoms in total. The molecule has 17 heavy (non-hydrogen) atoms. The normalized spacial score (nSPS) is 16.9. The van der Waals surface area contributed by atoms with Gasteiger partial charge in [-0.15, -0.1) is 0 Å². The van der Waals surface area contributed by atoms with Crippen LogP contribution in [0, 0.1) is 11.7 Å². The van der Waals surface area contributed by atoms with Crippen LogP contribution < -0.4 is 5.73 Å². The summed E-state index contributed by atoms with van der Waals surface area (Å²) in [5, 5.41) is 0.911. The summed E-state index contributed by atoms with van der Waals surface area (Å²) < 4.78 is 12.8. The molecule has 0 amide bonds. The minimum absolute atomic E-state index is 0.0400. The Bertz CT molecular complexity index is 337. The standard InChI is InChI=1S/C14H22FNS/c1-9(2)10(3)17-11(4)14(16)12-5-7-13(15)8-6-12/h5-11,14H,16H2,1-4H3. The summed E-state index contributed by atoms with van der Waals surface area (Å²) in [5.74, 6) is 0.430. The van der Waals surface area contributed by atoms with Crippen molar-refractivity contribution < 1.29 is 4.39 Å². The Labute approximate surface area is 108 Å². The topological polar surface area (TPSA) is 26.0 Å². The van der Waals surface area contributed by atoms with Gasteiger partial charge in [0.2, 0.25) is 0 Å². The first-order chi connectivity index (χ1) is 7.91. The van der Waals surface area contributed by atoms with Crippen LogP contribution in [-0.2, 0) is 0 Å². The SMILES string of the molecule is CC(C)C(C)SC(C)C(N)c1ccc(F)cc1. The molecule has 0 aromatic heterocycles. The zero-order valence-electron chi connectivity index (χ0n) is 11.0. The molecular formula is C14H22FNS. The fourth-order valence-corrected chi connectivity index (χ4v) is 2.85. The maximum atomic E-state index is 12.8. The van der Waals surface area contributed by atoms with Crippen molar-refractivity contribution in [3.05, 3.63) is 35.6 Å². The van der Waals surface area contributed by atoms with E-state index in [4.69, 9.17) is 5.73 Å². The average molecular weight is 255 g/mol. The quantitative estimate of drug-likeness (QED) is 0.861. The van der Waals surface area contributed by atoms with E-state index in [9.17, 15) is 4.39 Å². The predicted molar refractivity (Wildman–Crippen MR) is 74.7 cm³/mol. The largest absolute Gasteiger partial charge is 0.323 e. The molecule has 1 aromatic carbocycles. The van der Waals surface area contributed by atoms with E-state index in [0.29, 0.717) is 16.4 Å². The van der Waals surface area contributed by atoms with Crippen LogP contribution in [0.4, 0.5) is 4.39 Å². The van der Waals surface area contributed by atoms with Crippen molar-refractivity contribution in [1.29, 1.82) is 0 Å². The molecule has 0 fully saturated rings. The van der Waals surface area contributed by atoms with Crippen LogP contribution in [-0.4, -0.2) is 10.5 Å². The number of benzene rings is 1. The molecule has 1 rings (SSSR count). The molecule has 0 aliphatic rings. The van der Waals surface area contributed by atoms with Crippen LogP contribution in [0.3, 0.4) is 0 Å². The Morgan fingerprint density at radius 1 is 1.00 bits per heavy atom.